The van der Waals surface area contributed by atoms with Crippen molar-refractivity contribution >= 4 is 0 Å². The van der Waals surface area contributed by atoms with E-state index < -0.39 is 0 Å². The lowest BCUT2D eigenvalue weighted by Gasteiger charge is -2.35. The van der Waals surface area contributed by atoms with Gasteiger partial charge in [-0.25, -0.2) is 0 Å². The fraction of sp³-hybridized carbons (Fsp3) is 0.538. The lowest BCUT2D eigenvalue weighted by atomic mass is 10.1. The molecule has 0 spiro atoms. The molecule has 3 heteroatoms. The van der Waals surface area contributed by atoms with Crippen LogP contribution in [0.15, 0.2) is 24.3 Å². The second-order valence-corrected chi connectivity index (χ2v) is 4.28. The maximum atomic E-state index is 9.42. The zero-order valence-corrected chi connectivity index (χ0v) is 9.72. The Kier molecular flexibility index (Phi) is 3.80. The quantitative estimate of drug-likeness (QED) is 0.847. The first-order chi connectivity index (χ1) is 7.79. The molecule has 1 heterocycles. The Bertz CT molecular complexity index is 340. The van der Waals surface area contributed by atoms with E-state index in [2.05, 4.69) is 17.9 Å². The van der Waals surface area contributed by atoms with Gasteiger partial charge in [0.15, 0.2) is 0 Å². The van der Waals surface area contributed by atoms with Crippen LogP contribution in [-0.4, -0.2) is 35.8 Å². The summed E-state index contributed by atoms with van der Waals surface area (Å²) in [6.07, 6.45) is 1.11. The first-order valence-corrected chi connectivity index (χ1v) is 5.89. The van der Waals surface area contributed by atoms with Gasteiger partial charge in [0.05, 0.1) is 13.2 Å². The normalized spacial score (nSPS) is 22.2. The molecule has 0 aliphatic carbocycles. The van der Waals surface area contributed by atoms with Crippen molar-refractivity contribution in [2.24, 2.45) is 0 Å². The van der Waals surface area contributed by atoms with Gasteiger partial charge in [0.25, 0.3) is 0 Å². The van der Waals surface area contributed by atoms with Gasteiger partial charge < -0.3 is 9.84 Å². The number of hydrogen-bond acceptors (Lipinski definition) is 3. The van der Waals surface area contributed by atoms with Crippen molar-refractivity contribution in [3.8, 4) is 5.75 Å². The number of hydrogen-bond donors (Lipinski definition) is 1. The summed E-state index contributed by atoms with van der Waals surface area (Å²) < 4.78 is 5.47. The summed E-state index contributed by atoms with van der Waals surface area (Å²) in [6.45, 7) is 5.71. The van der Waals surface area contributed by atoms with Gasteiger partial charge >= 0.3 is 0 Å². The fourth-order valence-corrected chi connectivity index (χ4v) is 2.16. The van der Waals surface area contributed by atoms with E-state index >= 15 is 0 Å². The predicted molar refractivity (Wildman–Crippen MR) is 63.4 cm³/mol. The highest BCUT2D eigenvalue weighted by molar-refractivity contribution is 5.27. The van der Waals surface area contributed by atoms with Crippen molar-refractivity contribution < 1.29 is 9.84 Å². The molecule has 0 bridgehead atoms. The molecule has 0 aromatic heterocycles. The molecule has 0 saturated carbocycles. The third-order valence-corrected chi connectivity index (χ3v) is 3.12. The monoisotopic (exact) mass is 221 g/mol. The van der Waals surface area contributed by atoms with Gasteiger partial charge in [0.1, 0.15) is 5.75 Å². The molecule has 1 aromatic rings. The number of aromatic hydroxyl groups is 1. The molecule has 3 nitrogen and oxygen atoms in total. The highest BCUT2D eigenvalue weighted by atomic mass is 16.5. The van der Waals surface area contributed by atoms with Crippen LogP contribution in [0, 0.1) is 0 Å². The molecule has 0 amide bonds. The van der Waals surface area contributed by atoms with Crippen LogP contribution in [0.2, 0.25) is 0 Å². The number of morpholine rings is 1. The summed E-state index contributed by atoms with van der Waals surface area (Å²) in [5.41, 5.74) is 1.17. The first-order valence-electron chi connectivity index (χ1n) is 5.89. The van der Waals surface area contributed by atoms with E-state index in [-0.39, 0.29) is 0 Å². The minimum atomic E-state index is 0.346. The highest BCUT2D eigenvalue weighted by Crippen LogP contribution is 2.17. The zero-order valence-electron chi connectivity index (χ0n) is 9.72. The van der Waals surface area contributed by atoms with E-state index in [4.69, 9.17) is 4.74 Å². The van der Waals surface area contributed by atoms with Crippen molar-refractivity contribution in [2.45, 2.75) is 25.9 Å². The summed E-state index contributed by atoms with van der Waals surface area (Å²) in [5, 5.41) is 9.42. The third kappa shape index (κ3) is 2.74. The van der Waals surface area contributed by atoms with Crippen LogP contribution in [0.1, 0.15) is 18.9 Å². The molecule has 0 radical (unpaired) electrons. The molecule has 1 saturated heterocycles. The SMILES string of the molecule is CCC1COCCN1Cc1cccc(O)c1. The number of phenols is 1. The Balaban J connectivity index is 2.02. The molecular formula is C13H19NO2. The van der Waals surface area contributed by atoms with Gasteiger partial charge in [0.2, 0.25) is 0 Å². The van der Waals surface area contributed by atoms with Crippen LogP contribution in [0.3, 0.4) is 0 Å². The largest absolute Gasteiger partial charge is 0.508 e. The van der Waals surface area contributed by atoms with E-state index in [1.807, 2.05) is 12.1 Å². The van der Waals surface area contributed by atoms with E-state index in [1.54, 1.807) is 6.07 Å². The Hall–Kier alpha value is -1.06. The molecule has 2 rings (SSSR count). The molecule has 1 aliphatic heterocycles. The van der Waals surface area contributed by atoms with Gasteiger partial charge in [0, 0.05) is 19.1 Å². The first kappa shape index (κ1) is 11.4. The average Bonchev–Trinajstić information content (AvgIpc) is 2.30. The van der Waals surface area contributed by atoms with Crippen molar-refractivity contribution in [2.75, 3.05) is 19.8 Å². The van der Waals surface area contributed by atoms with Crippen molar-refractivity contribution in [3.05, 3.63) is 29.8 Å². The number of phenolic OH excluding ortho intramolecular Hbond substituents is 1. The molecule has 1 fully saturated rings. The summed E-state index contributed by atoms with van der Waals surface area (Å²) in [7, 11) is 0. The van der Waals surface area contributed by atoms with Crippen LogP contribution in [-0.2, 0) is 11.3 Å². The van der Waals surface area contributed by atoms with Gasteiger partial charge in [-0.15, -0.1) is 0 Å². The molecule has 1 unspecified atom stereocenters. The number of nitrogens with zero attached hydrogens (tertiary/aromatic N) is 1. The van der Waals surface area contributed by atoms with Crippen LogP contribution in [0.25, 0.3) is 0 Å². The molecule has 1 N–H and O–H groups in total. The molecular weight excluding hydrogens is 202 g/mol. The average molecular weight is 221 g/mol. The van der Waals surface area contributed by atoms with E-state index in [0.717, 1.165) is 32.7 Å². The van der Waals surface area contributed by atoms with Gasteiger partial charge in [-0.1, -0.05) is 19.1 Å². The lowest BCUT2D eigenvalue weighted by molar-refractivity contribution is -0.0127. The maximum Gasteiger partial charge on any atom is 0.115 e. The van der Waals surface area contributed by atoms with E-state index in [0.29, 0.717) is 11.8 Å². The summed E-state index contributed by atoms with van der Waals surface area (Å²) in [4.78, 5) is 2.43. The van der Waals surface area contributed by atoms with Crippen LogP contribution >= 0.6 is 0 Å². The smallest absolute Gasteiger partial charge is 0.115 e. The Morgan fingerprint density at radius 3 is 3.12 bits per heavy atom. The number of rotatable bonds is 3. The van der Waals surface area contributed by atoms with Crippen molar-refractivity contribution in [1.29, 1.82) is 0 Å². The Morgan fingerprint density at radius 1 is 1.50 bits per heavy atom. The standard InChI is InChI=1S/C13H19NO2/c1-2-12-10-16-7-6-14(12)9-11-4-3-5-13(15)8-11/h3-5,8,12,15H,2,6-7,9-10H2,1H3. The van der Waals surface area contributed by atoms with Gasteiger partial charge in [-0.2, -0.15) is 0 Å². The van der Waals surface area contributed by atoms with Crippen molar-refractivity contribution in [1.82, 2.24) is 4.90 Å². The van der Waals surface area contributed by atoms with Gasteiger partial charge in [-0.05, 0) is 24.1 Å². The maximum absolute atomic E-state index is 9.42. The fourth-order valence-electron chi connectivity index (χ4n) is 2.16. The second kappa shape index (κ2) is 5.32. The second-order valence-electron chi connectivity index (χ2n) is 4.28. The van der Waals surface area contributed by atoms with E-state index in [9.17, 15) is 5.11 Å². The zero-order chi connectivity index (χ0) is 11.4. The Labute approximate surface area is 96.6 Å². The van der Waals surface area contributed by atoms with Crippen LogP contribution < -0.4 is 0 Å². The number of ether oxygens (including phenoxy) is 1. The molecule has 1 aromatic carbocycles. The molecule has 88 valence electrons. The summed E-state index contributed by atoms with van der Waals surface area (Å²) in [5.74, 6) is 0.346. The number of benzene rings is 1. The van der Waals surface area contributed by atoms with Crippen LogP contribution in [0.4, 0.5) is 0 Å². The minimum absolute atomic E-state index is 0.346. The van der Waals surface area contributed by atoms with Crippen molar-refractivity contribution in [3.63, 3.8) is 0 Å². The van der Waals surface area contributed by atoms with E-state index in [1.165, 1.54) is 5.56 Å². The Morgan fingerprint density at radius 2 is 2.38 bits per heavy atom. The minimum Gasteiger partial charge on any atom is -0.508 e. The predicted octanol–water partition coefficient (Wildman–Crippen LogP) is 2.00. The summed E-state index contributed by atoms with van der Waals surface area (Å²) >= 11 is 0. The molecule has 1 atom stereocenters. The lowest BCUT2D eigenvalue weighted by Crippen LogP contribution is -2.44. The van der Waals surface area contributed by atoms with Gasteiger partial charge in [-0.3, -0.25) is 4.90 Å². The van der Waals surface area contributed by atoms with Crippen LogP contribution in [0.5, 0.6) is 5.75 Å². The summed E-state index contributed by atoms with van der Waals surface area (Å²) in [6, 6.07) is 8.01. The topological polar surface area (TPSA) is 32.7 Å². The molecule has 16 heavy (non-hydrogen) atoms. The highest BCUT2D eigenvalue weighted by Gasteiger charge is 2.21. The third-order valence-electron chi connectivity index (χ3n) is 3.12. The molecule has 1 aliphatic rings.